The van der Waals surface area contributed by atoms with Crippen LogP contribution >= 0.6 is 0 Å². The SMILES string of the molecule is CCNCc1ccnn1C1CCC1. The standard InChI is InChI=1S/C10H17N3/c1-2-11-8-10-6-7-12-13(10)9-4-3-5-9/h6-7,9,11H,2-5,8H2,1H3. The highest BCUT2D eigenvalue weighted by Crippen LogP contribution is 2.31. The van der Waals surface area contributed by atoms with Crippen LogP contribution in [-0.4, -0.2) is 16.3 Å². The molecule has 2 rings (SSSR count). The van der Waals surface area contributed by atoms with E-state index in [-0.39, 0.29) is 0 Å². The second-order valence-corrected chi connectivity index (χ2v) is 3.63. The first-order valence-corrected chi connectivity index (χ1v) is 5.15. The van der Waals surface area contributed by atoms with Crippen molar-refractivity contribution in [2.24, 2.45) is 0 Å². The Morgan fingerprint density at radius 1 is 1.62 bits per heavy atom. The summed E-state index contributed by atoms with van der Waals surface area (Å²) in [4.78, 5) is 0. The molecule has 0 saturated heterocycles. The lowest BCUT2D eigenvalue weighted by Crippen LogP contribution is -2.23. The molecule has 1 heterocycles. The summed E-state index contributed by atoms with van der Waals surface area (Å²) in [6.07, 6.45) is 5.89. The zero-order valence-electron chi connectivity index (χ0n) is 8.16. The number of hydrogen-bond donors (Lipinski definition) is 1. The predicted molar refractivity (Wildman–Crippen MR) is 52.5 cm³/mol. The summed E-state index contributed by atoms with van der Waals surface area (Å²) in [5.74, 6) is 0. The highest BCUT2D eigenvalue weighted by molar-refractivity contribution is 5.02. The lowest BCUT2D eigenvalue weighted by molar-refractivity contribution is 0.281. The van der Waals surface area contributed by atoms with Crippen LogP contribution in [0.3, 0.4) is 0 Å². The van der Waals surface area contributed by atoms with Crippen molar-refractivity contribution < 1.29 is 0 Å². The van der Waals surface area contributed by atoms with Crippen LogP contribution in [0.25, 0.3) is 0 Å². The van der Waals surface area contributed by atoms with Gasteiger partial charge in [-0.15, -0.1) is 0 Å². The largest absolute Gasteiger partial charge is 0.311 e. The van der Waals surface area contributed by atoms with Gasteiger partial charge in [0.05, 0.1) is 11.7 Å². The molecule has 1 aliphatic carbocycles. The molecule has 72 valence electrons. The third kappa shape index (κ3) is 1.75. The molecule has 3 heteroatoms. The Kier molecular flexibility index (Phi) is 2.64. The first-order valence-electron chi connectivity index (χ1n) is 5.15. The topological polar surface area (TPSA) is 29.9 Å². The molecular formula is C10H17N3. The van der Waals surface area contributed by atoms with Crippen molar-refractivity contribution in [1.82, 2.24) is 15.1 Å². The molecule has 1 fully saturated rings. The molecule has 0 spiro atoms. The Balaban J connectivity index is 2.02. The predicted octanol–water partition coefficient (Wildman–Crippen LogP) is 1.72. The van der Waals surface area contributed by atoms with Gasteiger partial charge in [-0.1, -0.05) is 6.92 Å². The van der Waals surface area contributed by atoms with E-state index in [4.69, 9.17) is 0 Å². The Bertz CT molecular complexity index is 263. The number of aromatic nitrogens is 2. The zero-order valence-corrected chi connectivity index (χ0v) is 8.16. The summed E-state index contributed by atoms with van der Waals surface area (Å²) in [5, 5.41) is 7.70. The molecule has 0 radical (unpaired) electrons. The highest BCUT2D eigenvalue weighted by atomic mass is 15.3. The van der Waals surface area contributed by atoms with Gasteiger partial charge in [-0.2, -0.15) is 5.10 Å². The van der Waals surface area contributed by atoms with Gasteiger partial charge in [0.25, 0.3) is 0 Å². The molecule has 3 nitrogen and oxygen atoms in total. The number of nitrogens with zero attached hydrogens (tertiary/aromatic N) is 2. The molecule has 0 aliphatic heterocycles. The molecule has 1 aromatic heterocycles. The smallest absolute Gasteiger partial charge is 0.0525 e. The van der Waals surface area contributed by atoms with Crippen LogP contribution in [0.4, 0.5) is 0 Å². The van der Waals surface area contributed by atoms with Crippen LogP contribution in [0.5, 0.6) is 0 Å². The van der Waals surface area contributed by atoms with E-state index >= 15 is 0 Å². The lowest BCUT2D eigenvalue weighted by Gasteiger charge is -2.27. The quantitative estimate of drug-likeness (QED) is 0.762. The van der Waals surface area contributed by atoms with Crippen molar-refractivity contribution >= 4 is 0 Å². The Morgan fingerprint density at radius 3 is 3.08 bits per heavy atom. The van der Waals surface area contributed by atoms with Gasteiger partial charge >= 0.3 is 0 Å². The monoisotopic (exact) mass is 179 g/mol. The third-order valence-electron chi connectivity index (χ3n) is 2.73. The van der Waals surface area contributed by atoms with E-state index in [2.05, 4.69) is 28.1 Å². The van der Waals surface area contributed by atoms with E-state index in [1.54, 1.807) is 0 Å². The van der Waals surface area contributed by atoms with Gasteiger partial charge in [0.1, 0.15) is 0 Å². The Morgan fingerprint density at radius 2 is 2.46 bits per heavy atom. The molecule has 1 aliphatic rings. The van der Waals surface area contributed by atoms with Gasteiger partial charge in [-0.05, 0) is 31.9 Å². The van der Waals surface area contributed by atoms with Crippen molar-refractivity contribution in [3.63, 3.8) is 0 Å². The van der Waals surface area contributed by atoms with Crippen molar-refractivity contribution in [3.8, 4) is 0 Å². The lowest BCUT2D eigenvalue weighted by atomic mass is 9.93. The summed E-state index contributed by atoms with van der Waals surface area (Å²) >= 11 is 0. The maximum Gasteiger partial charge on any atom is 0.0525 e. The molecule has 1 saturated carbocycles. The fourth-order valence-corrected chi connectivity index (χ4v) is 1.69. The minimum absolute atomic E-state index is 0.684. The molecule has 0 bridgehead atoms. The summed E-state index contributed by atoms with van der Waals surface area (Å²) in [6.45, 7) is 4.10. The normalized spacial score (nSPS) is 17.3. The molecule has 0 aromatic carbocycles. The maximum absolute atomic E-state index is 4.37. The van der Waals surface area contributed by atoms with Crippen molar-refractivity contribution in [2.75, 3.05) is 6.54 Å². The fourth-order valence-electron chi connectivity index (χ4n) is 1.69. The summed E-state index contributed by atoms with van der Waals surface area (Å²) in [5.41, 5.74) is 1.33. The van der Waals surface area contributed by atoms with Gasteiger partial charge in [0, 0.05) is 12.7 Å². The minimum atomic E-state index is 0.684. The average molecular weight is 179 g/mol. The van der Waals surface area contributed by atoms with Gasteiger partial charge < -0.3 is 5.32 Å². The number of rotatable bonds is 4. The van der Waals surface area contributed by atoms with Crippen LogP contribution in [-0.2, 0) is 6.54 Å². The van der Waals surface area contributed by atoms with Crippen LogP contribution in [0, 0.1) is 0 Å². The molecular weight excluding hydrogens is 162 g/mol. The van der Waals surface area contributed by atoms with Gasteiger partial charge in [0.2, 0.25) is 0 Å². The van der Waals surface area contributed by atoms with Crippen LogP contribution in [0.15, 0.2) is 12.3 Å². The van der Waals surface area contributed by atoms with Crippen LogP contribution in [0.1, 0.15) is 37.9 Å². The minimum Gasteiger partial charge on any atom is -0.311 e. The summed E-state index contributed by atoms with van der Waals surface area (Å²) in [7, 11) is 0. The zero-order chi connectivity index (χ0) is 9.10. The van der Waals surface area contributed by atoms with E-state index in [9.17, 15) is 0 Å². The van der Waals surface area contributed by atoms with Gasteiger partial charge in [0.15, 0.2) is 0 Å². The summed E-state index contributed by atoms with van der Waals surface area (Å²) < 4.78 is 2.19. The maximum atomic E-state index is 4.37. The van der Waals surface area contributed by atoms with Crippen molar-refractivity contribution in [3.05, 3.63) is 18.0 Å². The Labute approximate surface area is 79.1 Å². The average Bonchev–Trinajstić information content (AvgIpc) is 2.46. The van der Waals surface area contributed by atoms with Gasteiger partial charge in [-0.3, -0.25) is 4.68 Å². The third-order valence-corrected chi connectivity index (χ3v) is 2.73. The van der Waals surface area contributed by atoms with Crippen molar-refractivity contribution in [1.29, 1.82) is 0 Å². The molecule has 0 unspecified atom stereocenters. The molecule has 1 aromatic rings. The first-order chi connectivity index (χ1) is 6.42. The second kappa shape index (κ2) is 3.92. The van der Waals surface area contributed by atoms with Gasteiger partial charge in [-0.25, -0.2) is 0 Å². The summed E-state index contributed by atoms with van der Waals surface area (Å²) in [6, 6.07) is 2.80. The molecule has 1 N–H and O–H groups in total. The first kappa shape index (κ1) is 8.75. The van der Waals surface area contributed by atoms with E-state index in [0.29, 0.717) is 6.04 Å². The molecule has 0 amide bonds. The Hall–Kier alpha value is -0.830. The second-order valence-electron chi connectivity index (χ2n) is 3.63. The van der Waals surface area contributed by atoms with E-state index < -0.39 is 0 Å². The molecule has 13 heavy (non-hydrogen) atoms. The van der Waals surface area contributed by atoms with Crippen molar-refractivity contribution in [2.45, 2.75) is 38.8 Å². The number of hydrogen-bond acceptors (Lipinski definition) is 2. The molecule has 0 atom stereocenters. The van der Waals surface area contributed by atoms with Crippen LogP contribution < -0.4 is 5.32 Å². The number of nitrogens with one attached hydrogen (secondary N) is 1. The highest BCUT2D eigenvalue weighted by Gasteiger charge is 2.21. The van der Waals surface area contributed by atoms with Crippen LogP contribution in [0.2, 0.25) is 0 Å². The van der Waals surface area contributed by atoms with E-state index in [1.165, 1.54) is 25.0 Å². The van der Waals surface area contributed by atoms with E-state index in [0.717, 1.165) is 13.1 Å². The fraction of sp³-hybridized carbons (Fsp3) is 0.700. The van der Waals surface area contributed by atoms with E-state index in [1.807, 2.05) is 6.20 Å².